The van der Waals surface area contributed by atoms with Crippen molar-refractivity contribution in [1.82, 2.24) is 10.2 Å². The van der Waals surface area contributed by atoms with Gasteiger partial charge in [0.25, 0.3) is 5.91 Å². The van der Waals surface area contributed by atoms with E-state index in [2.05, 4.69) is 25.2 Å². The molecule has 0 aliphatic rings. The molecule has 36 heavy (non-hydrogen) atoms. The first-order valence-electron chi connectivity index (χ1n) is 12.6. The molecule has 0 heterocycles. The van der Waals surface area contributed by atoms with Gasteiger partial charge < -0.3 is 15.0 Å². The Kier molecular flexibility index (Phi) is 9.69. The fourth-order valence-electron chi connectivity index (χ4n) is 4.02. The van der Waals surface area contributed by atoms with Gasteiger partial charge in [0.05, 0.1) is 0 Å². The molecule has 0 spiro atoms. The van der Waals surface area contributed by atoms with Gasteiger partial charge in [-0.15, -0.1) is 0 Å². The van der Waals surface area contributed by atoms with Crippen molar-refractivity contribution in [1.29, 1.82) is 0 Å². The van der Waals surface area contributed by atoms with E-state index in [0.29, 0.717) is 31.2 Å². The molecule has 2 amide bonds. The normalized spacial score (nSPS) is 11.7. The van der Waals surface area contributed by atoms with Gasteiger partial charge in [0, 0.05) is 19.5 Å². The summed E-state index contributed by atoms with van der Waals surface area (Å²) < 4.78 is 5.90. The number of rotatable bonds is 11. The van der Waals surface area contributed by atoms with Crippen LogP contribution in [0.2, 0.25) is 0 Å². The third-order valence-corrected chi connectivity index (χ3v) is 6.23. The van der Waals surface area contributed by atoms with E-state index in [4.69, 9.17) is 4.74 Å². The summed E-state index contributed by atoms with van der Waals surface area (Å²) in [6.45, 7) is 10.9. The highest BCUT2D eigenvalue weighted by molar-refractivity contribution is 5.88. The third kappa shape index (κ3) is 7.98. The van der Waals surface area contributed by atoms with Gasteiger partial charge in [0.1, 0.15) is 11.8 Å². The Morgan fingerprint density at radius 2 is 1.58 bits per heavy atom. The Morgan fingerprint density at radius 1 is 0.861 bits per heavy atom. The van der Waals surface area contributed by atoms with E-state index in [-0.39, 0.29) is 18.4 Å². The number of benzene rings is 3. The minimum Gasteiger partial charge on any atom is -0.484 e. The Bertz CT molecular complexity index is 1160. The minimum absolute atomic E-state index is 0.142. The van der Waals surface area contributed by atoms with Crippen molar-refractivity contribution in [3.63, 3.8) is 0 Å². The summed E-state index contributed by atoms with van der Waals surface area (Å²) in [7, 11) is 0. The number of aryl methyl sites for hydroxylation is 3. The first-order chi connectivity index (χ1) is 17.2. The lowest BCUT2D eigenvalue weighted by Gasteiger charge is -2.32. The Labute approximate surface area is 215 Å². The number of carbonyl (C=O) groups is 2. The molecular weight excluding hydrogens is 448 g/mol. The highest BCUT2D eigenvalue weighted by Gasteiger charge is 2.30. The number of nitrogens with one attached hydrogen (secondary N) is 1. The van der Waals surface area contributed by atoms with Gasteiger partial charge in [0.2, 0.25) is 5.91 Å². The standard InChI is InChI=1S/C31H38N2O3/c1-22(2)19-32-31(35)29(18-26-11-7-6-8-12-26)33(20-27-13-9-10-23(3)16-27)30(34)21-36-28-15-14-24(4)25(5)17-28/h6-17,22,29H,18-21H2,1-5H3,(H,32,35). The van der Waals surface area contributed by atoms with Crippen LogP contribution in [-0.4, -0.2) is 35.9 Å². The van der Waals surface area contributed by atoms with Crippen molar-refractivity contribution in [2.45, 2.75) is 53.6 Å². The first-order valence-corrected chi connectivity index (χ1v) is 12.6. The lowest BCUT2D eigenvalue weighted by molar-refractivity contribution is -0.142. The van der Waals surface area contributed by atoms with Crippen LogP contribution in [-0.2, 0) is 22.6 Å². The van der Waals surface area contributed by atoms with Crippen LogP contribution in [0.1, 0.15) is 41.7 Å². The van der Waals surface area contributed by atoms with Crippen molar-refractivity contribution in [3.8, 4) is 5.75 Å². The molecule has 0 radical (unpaired) electrons. The molecule has 3 rings (SSSR count). The molecule has 0 saturated carbocycles. The van der Waals surface area contributed by atoms with Crippen LogP contribution >= 0.6 is 0 Å². The van der Waals surface area contributed by atoms with Crippen molar-refractivity contribution >= 4 is 11.8 Å². The van der Waals surface area contributed by atoms with Gasteiger partial charge >= 0.3 is 0 Å². The molecule has 1 atom stereocenters. The van der Waals surface area contributed by atoms with Gasteiger partial charge in [-0.25, -0.2) is 0 Å². The molecule has 5 heteroatoms. The SMILES string of the molecule is Cc1cccc(CN(C(=O)COc2ccc(C)c(C)c2)C(Cc2ccccc2)C(=O)NCC(C)C)c1. The summed E-state index contributed by atoms with van der Waals surface area (Å²) in [6.07, 6.45) is 0.423. The lowest BCUT2D eigenvalue weighted by Crippen LogP contribution is -2.52. The predicted octanol–water partition coefficient (Wildman–Crippen LogP) is 5.40. The summed E-state index contributed by atoms with van der Waals surface area (Å²) in [6, 6.07) is 23.0. The monoisotopic (exact) mass is 486 g/mol. The van der Waals surface area contributed by atoms with Gasteiger partial charge in [0.15, 0.2) is 6.61 Å². The zero-order chi connectivity index (χ0) is 26.1. The molecule has 1 N–H and O–H groups in total. The highest BCUT2D eigenvalue weighted by atomic mass is 16.5. The van der Waals surface area contributed by atoms with Crippen LogP contribution in [0.4, 0.5) is 0 Å². The van der Waals surface area contributed by atoms with E-state index in [9.17, 15) is 9.59 Å². The number of nitrogens with zero attached hydrogens (tertiary/aromatic N) is 1. The zero-order valence-corrected chi connectivity index (χ0v) is 22.1. The Balaban J connectivity index is 1.90. The molecule has 0 saturated heterocycles. The molecule has 0 bridgehead atoms. The summed E-state index contributed by atoms with van der Waals surface area (Å²) in [4.78, 5) is 28.8. The molecule has 0 aliphatic carbocycles. The van der Waals surface area contributed by atoms with Crippen molar-refractivity contribution < 1.29 is 14.3 Å². The van der Waals surface area contributed by atoms with E-state index in [0.717, 1.165) is 22.3 Å². The quantitative estimate of drug-likeness (QED) is 0.395. The number of hydrogen-bond donors (Lipinski definition) is 1. The van der Waals surface area contributed by atoms with Crippen LogP contribution in [0.3, 0.4) is 0 Å². The molecule has 0 aromatic heterocycles. The Morgan fingerprint density at radius 3 is 2.25 bits per heavy atom. The second-order valence-electron chi connectivity index (χ2n) is 9.89. The fourth-order valence-corrected chi connectivity index (χ4v) is 4.02. The second-order valence-corrected chi connectivity index (χ2v) is 9.89. The van der Waals surface area contributed by atoms with Crippen molar-refractivity contribution in [2.24, 2.45) is 5.92 Å². The van der Waals surface area contributed by atoms with Crippen molar-refractivity contribution in [3.05, 3.63) is 101 Å². The highest BCUT2D eigenvalue weighted by Crippen LogP contribution is 2.19. The molecular formula is C31H38N2O3. The van der Waals surface area contributed by atoms with Gasteiger partial charge in [-0.1, -0.05) is 80.1 Å². The van der Waals surface area contributed by atoms with E-state index in [1.54, 1.807) is 4.90 Å². The number of ether oxygens (including phenoxy) is 1. The van der Waals surface area contributed by atoms with E-state index < -0.39 is 6.04 Å². The zero-order valence-electron chi connectivity index (χ0n) is 22.1. The van der Waals surface area contributed by atoms with Crippen LogP contribution < -0.4 is 10.1 Å². The topological polar surface area (TPSA) is 58.6 Å². The molecule has 1 unspecified atom stereocenters. The molecule has 0 aliphatic heterocycles. The predicted molar refractivity (Wildman–Crippen MR) is 145 cm³/mol. The summed E-state index contributed by atoms with van der Waals surface area (Å²) in [5.74, 6) is 0.571. The maximum atomic E-state index is 13.7. The second kappa shape index (κ2) is 12.9. The average molecular weight is 487 g/mol. The van der Waals surface area contributed by atoms with Crippen LogP contribution in [0.15, 0.2) is 72.8 Å². The van der Waals surface area contributed by atoms with E-state index in [1.165, 1.54) is 5.56 Å². The van der Waals surface area contributed by atoms with Crippen LogP contribution in [0.5, 0.6) is 5.75 Å². The molecule has 190 valence electrons. The number of hydrogen-bond acceptors (Lipinski definition) is 3. The van der Waals surface area contributed by atoms with Gasteiger partial charge in [-0.3, -0.25) is 9.59 Å². The van der Waals surface area contributed by atoms with Crippen LogP contribution in [0, 0.1) is 26.7 Å². The maximum absolute atomic E-state index is 13.7. The van der Waals surface area contributed by atoms with Gasteiger partial charge in [-0.2, -0.15) is 0 Å². The Hall–Kier alpha value is -3.60. The molecule has 3 aromatic carbocycles. The van der Waals surface area contributed by atoms with E-state index in [1.807, 2.05) is 87.5 Å². The average Bonchev–Trinajstić information content (AvgIpc) is 2.86. The fraction of sp³-hybridized carbons (Fsp3) is 0.355. The minimum atomic E-state index is -0.664. The first kappa shape index (κ1) is 27.0. The number of carbonyl (C=O) groups excluding carboxylic acids is 2. The molecule has 0 fully saturated rings. The van der Waals surface area contributed by atoms with E-state index >= 15 is 0 Å². The molecule has 5 nitrogen and oxygen atoms in total. The summed E-state index contributed by atoms with van der Waals surface area (Å²) >= 11 is 0. The summed E-state index contributed by atoms with van der Waals surface area (Å²) in [5.41, 5.74) is 5.35. The summed E-state index contributed by atoms with van der Waals surface area (Å²) in [5, 5.41) is 3.05. The van der Waals surface area contributed by atoms with Gasteiger partial charge in [-0.05, 0) is 61.1 Å². The maximum Gasteiger partial charge on any atom is 0.261 e. The third-order valence-electron chi connectivity index (χ3n) is 6.23. The number of amides is 2. The molecule has 3 aromatic rings. The largest absolute Gasteiger partial charge is 0.484 e. The van der Waals surface area contributed by atoms with Crippen molar-refractivity contribution in [2.75, 3.05) is 13.2 Å². The smallest absolute Gasteiger partial charge is 0.261 e. The van der Waals surface area contributed by atoms with Crippen LogP contribution in [0.25, 0.3) is 0 Å². The lowest BCUT2D eigenvalue weighted by atomic mass is 10.0.